The molecule has 0 fully saturated rings. The molecule has 130 valence electrons. The van der Waals surface area contributed by atoms with Gasteiger partial charge in [0, 0.05) is 31.6 Å². The van der Waals surface area contributed by atoms with Crippen molar-refractivity contribution in [3.05, 3.63) is 23.3 Å². The molecule has 4 nitrogen and oxygen atoms in total. The number of rotatable bonds is 10. The van der Waals surface area contributed by atoms with Crippen molar-refractivity contribution >= 4 is 11.9 Å². The molecule has 0 aliphatic rings. The number of hydrogen-bond acceptors (Lipinski definition) is 2. The molecule has 0 aromatic rings. The van der Waals surface area contributed by atoms with Crippen molar-refractivity contribution in [2.45, 2.75) is 79.1 Å². The fourth-order valence-corrected chi connectivity index (χ4v) is 2.17. The van der Waals surface area contributed by atoms with Crippen LogP contribution in [-0.4, -0.2) is 22.2 Å². The van der Waals surface area contributed by atoms with E-state index in [0.29, 0.717) is 0 Å². The number of carbonyl (C=O) groups is 2. The maximum atomic E-state index is 10.3. The minimum Gasteiger partial charge on any atom is -0.478 e. The zero-order valence-corrected chi connectivity index (χ0v) is 18.2. The van der Waals surface area contributed by atoms with Crippen LogP contribution in [0.1, 0.15) is 79.1 Å². The molecule has 0 aliphatic carbocycles. The first-order valence-corrected chi connectivity index (χ1v) is 8.25. The van der Waals surface area contributed by atoms with Crippen LogP contribution < -0.4 is 0 Å². The van der Waals surface area contributed by atoms with Crippen molar-refractivity contribution in [1.82, 2.24) is 0 Å². The molecule has 2 N–H and O–H groups in total. The maximum absolute atomic E-state index is 10.3. The zero-order chi connectivity index (χ0) is 17.4. The molecule has 0 aromatic heterocycles. The number of hydrogen-bond donors (Lipinski definition) is 2. The Hall–Kier alpha value is -0.957. The molecule has 0 aliphatic heterocycles. The standard InChI is InChI=1S/2C9H16O2.Zn/c2*1-3-5-8(6-4-2)7-9(10)11;/h2*7H,3-6H2,1-2H3,(H,10,11);. The Labute approximate surface area is 153 Å². The van der Waals surface area contributed by atoms with Crippen LogP contribution in [0.5, 0.6) is 0 Å². The van der Waals surface area contributed by atoms with Crippen LogP contribution in [0.2, 0.25) is 0 Å². The summed E-state index contributed by atoms with van der Waals surface area (Å²) in [5.41, 5.74) is 2.12. The second-order valence-corrected chi connectivity index (χ2v) is 5.28. The third-order valence-corrected chi connectivity index (χ3v) is 2.94. The van der Waals surface area contributed by atoms with E-state index < -0.39 is 11.9 Å². The predicted molar refractivity (Wildman–Crippen MR) is 91.1 cm³/mol. The maximum Gasteiger partial charge on any atom is 0.328 e. The Morgan fingerprint density at radius 1 is 0.652 bits per heavy atom. The molecule has 0 radical (unpaired) electrons. The summed E-state index contributed by atoms with van der Waals surface area (Å²) in [5.74, 6) is -1.64. The number of carboxylic acid groups (broad SMARTS) is 2. The fourth-order valence-electron chi connectivity index (χ4n) is 2.17. The summed E-state index contributed by atoms with van der Waals surface area (Å²) >= 11 is 0. The first-order chi connectivity index (χ1) is 10.4. The molecule has 0 bridgehead atoms. The van der Waals surface area contributed by atoms with Gasteiger partial charge in [-0.2, -0.15) is 0 Å². The van der Waals surface area contributed by atoms with E-state index in [4.69, 9.17) is 10.2 Å². The van der Waals surface area contributed by atoms with E-state index in [1.807, 2.05) is 0 Å². The first-order valence-electron chi connectivity index (χ1n) is 8.25. The van der Waals surface area contributed by atoms with E-state index >= 15 is 0 Å². The molecular formula is C18H32O4Zn. The Balaban J connectivity index is -0.000000333. The van der Waals surface area contributed by atoms with Gasteiger partial charge >= 0.3 is 11.9 Å². The van der Waals surface area contributed by atoms with Gasteiger partial charge in [-0.1, -0.05) is 64.5 Å². The van der Waals surface area contributed by atoms with Crippen molar-refractivity contribution in [2.75, 3.05) is 0 Å². The van der Waals surface area contributed by atoms with Crippen LogP contribution in [0.3, 0.4) is 0 Å². The molecule has 0 atom stereocenters. The number of carboxylic acids is 2. The second kappa shape index (κ2) is 19.1. The summed E-state index contributed by atoms with van der Waals surface area (Å²) in [6.07, 6.45) is 10.5. The molecule has 5 heteroatoms. The minimum atomic E-state index is -0.818. The third kappa shape index (κ3) is 21.0. The van der Waals surface area contributed by atoms with Gasteiger partial charge in [-0.25, -0.2) is 9.59 Å². The summed E-state index contributed by atoms with van der Waals surface area (Å²) in [7, 11) is 0. The minimum absolute atomic E-state index is 0. The summed E-state index contributed by atoms with van der Waals surface area (Å²) in [4.78, 5) is 20.6. The molecule has 23 heavy (non-hydrogen) atoms. The first kappa shape index (κ1) is 26.9. The normalized spacial score (nSPS) is 8.87. The van der Waals surface area contributed by atoms with Gasteiger partial charge in [0.15, 0.2) is 0 Å². The number of allylic oxidation sites excluding steroid dienone is 2. The van der Waals surface area contributed by atoms with Gasteiger partial charge in [-0.3, -0.25) is 0 Å². The molecule has 0 saturated carbocycles. The van der Waals surface area contributed by atoms with E-state index in [1.54, 1.807) is 0 Å². The number of aliphatic carboxylic acids is 2. The smallest absolute Gasteiger partial charge is 0.328 e. The Morgan fingerprint density at radius 2 is 0.870 bits per heavy atom. The van der Waals surface area contributed by atoms with Gasteiger partial charge in [0.1, 0.15) is 0 Å². The van der Waals surface area contributed by atoms with Gasteiger partial charge in [-0.15, -0.1) is 0 Å². The van der Waals surface area contributed by atoms with Crippen molar-refractivity contribution in [3.8, 4) is 0 Å². The zero-order valence-electron chi connectivity index (χ0n) is 15.2. The molecule has 0 amide bonds. The van der Waals surface area contributed by atoms with Crippen LogP contribution in [-0.2, 0) is 29.1 Å². The molecule has 0 spiro atoms. The Kier molecular flexibility index (Phi) is 22.3. The fraction of sp³-hybridized carbons (Fsp3) is 0.667. The molecule has 0 unspecified atom stereocenters. The monoisotopic (exact) mass is 376 g/mol. The summed E-state index contributed by atoms with van der Waals surface area (Å²) in [6.45, 7) is 8.24. The van der Waals surface area contributed by atoms with E-state index in [2.05, 4.69) is 27.7 Å². The summed E-state index contributed by atoms with van der Waals surface area (Å²) in [5, 5.41) is 16.9. The summed E-state index contributed by atoms with van der Waals surface area (Å²) in [6, 6.07) is 0. The van der Waals surface area contributed by atoms with Crippen molar-refractivity contribution in [2.24, 2.45) is 0 Å². The van der Waals surface area contributed by atoms with E-state index in [1.165, 1.54) is 12.2 Å². The molecular weight excluding hydrogens is 346 g/mol. The SMILES string of the molecule is CCCC(=CC(=O)O)CCC.CCCC(=CC(=O)O)CCC.[Zn]. The molecule has 0 rings (SSSR count). The van der Waals surface area contributed by atoms with Crippen molar-refractivity contribution in [1.29, 1.82) is 0 Å². The van der Waals surface area contributed by atoms with E-state index in [0.717, 1.165) is 62.5 Å². The average molecular weight is 378 g/mol. The summed E-state index contributed by atoms with van der Waals surface area (Å²) < 4.78 is 0. The van der Waals surface area contributed by atoms with Gasteiger partial charge in [0.2, 0.25) is 0 Å². The van der Waals surface area contributed by atoms with Crippen LogP contribution in [0, 0.1) is 0 Å². The van der Waals surface area contributed by atoms with Crippen LogP contribution in [0.4, 0.5) is 0 Å². The largest absolute Gasteiger partial charge is 0.478 e. The van der Waals surface area contributed by atoms with Gasteiger partial charge in [0.05, 0.1) is 0 Å². The molecule has 0 aromatic carbocycles. The van der Waals surface area contributed by atoms with Crippen LogP contribution in [0.15, 0.2) is 23.3 Å². The Morgan fingerprint density at radius 3 is 1.00 bits per heavy atom. The second-order valence-electron chi connectivity index (χ2n) is 5.28. The molecule has 0 saturated heterocycles. The van der Waals surface area contributed by atoms with Crippen LogP contribution in [0.25, 0.3) is 0 Å². The van der Waals surface area contributed by atoms with Crippen molar-refractivity contribution < 1.29 is 39.3 Å². The van der Waals surface area contributed by atoms with Crippen LogP contribution >= 0.6 is 0 Å². The topological polar surface area (TPSA) is 74.6 Å². The molecule has 0 heterocycles. The van der Waals surface area contributed by atoms with E-state index in [-0.39, 0.29) is 19.5 Å². The predicted octanol–water partition coefficient (Wildman–Crippen LogP) is 5.19. The quantitative estimate of drug-likeness (QED) is 0.405. The van der Waals surface area contributed by atoms with Crippen molar-refractivity contribution in [3.63, 3.8) is 0 Å². The third-order valence-electron chi connectivity index (χ3n) is 2.94. The average Bonchev–Trinajstić information content (AvgIpc) is 2.39. The van der Waals surface area contributed by atoms with Gasteiger partial charge in [0.25, 0.3) is 0 Å². The van der Waals surface area contributed by atoms with Gasteiger partial charge in [-0.05, 0) is 25.7 Å². The Bertz CT molecular complexity index is 321. The van der Waals surface area contributed by atoms with E-state index in [9.17, 15) is 9.59 Å². The van der Waals surface area contributed by atoms with Gasteiger partial charge < -0.3 is 10.2 Å².